The van der Waals surface area contributed by atoms with Gasteiger partial charge in [0.2, 0.25) is 0 Å². The number of rotatable bonds is 2. The number of benzene rings is 2. The van der Waals surface area contributed by atoms with Crippen LogP contribution >= 0.6 is 0 Å². The van der Waals surface area contributed by atoms with Crippen molar-refractivity contribution in [2.45, 2.75) is 6.10 Å². The topological polar surface area (TPSA) is 84.7 Å². The van der Waals surface area contributed by atoms with Crippen molar-refractivity contribution in [3.8, 4) is 5.75 Å². The number of carbonyl (C=O) groups is 2. The van der Waals surface area contributed by atoms with Gasteiger partial charge in [-0.25, -0.2) is 10.2 Å². The molecule has 0 radical (unpaired) electrons. The molecule has 1 heterocycles. The molecule has 0 spiro atoms. The Labute approximate surface area is 131 Å². The molecule has 0 aromatic heterocycles. The van der Waals surface area contributed by atoms with Crippen LogP contribution in [0.3, 0.4) is 0 Å². The van der Waals surface area contributed by atoms with Crippen LogP contribution in [0.1, 0.15) is 10.4 Å². The van der Waals surface area contributed by atoms with E-state index >= 15 is 0 Å². The second kappa shape index (κ2) is 6.05. The fourth-order valence-electron chi connectivity index (χ4n) is 2.40. The summed E-state index contributed by atoms with van der Waals surface area (Å²) in [6, 6.07) is 12.1. The third-order valence-corrected chi connectivity index (χ3v) is 3.54. The molecule has 23 heavy (non-hydrogen) atoms. The molecule has 0 saturated heterocycles. The fraction of sp³-hybridized carbons (Fsp3) is 0.125. The monoisotopic (exact) mass is 315 g/mol. The predicted molar refractivity (Wildman–Crippen MR) is 81.3 cm³/mol. The Kier molecular flexibility index (Phi) is 3.94. The molecule has 0 aliphatic carbocycles. The molecule has 1 atom stereocenters. The lowest BCUT2D eigenvalue weighted by Crippen LogP contribution is -2.52. The van der Waals surface area contributed by atoms with Crippen molar-refractivity contribution >= 4 is 17.5 Å². The number of fused-ring (bicyclic) bond motifs is 1. The van der Waals surface area contributed by atoms with Gasteiger partial charge in [-0.2, -0.15) is 0 Å². The van der Waals surface area contributed by atoms with Crippen molar-refractivity contribution in [2.24, 2.45) is 5.84 Å². The number of anilines is 1. The Hall–Kier alpha value is -2.93. The highest BCUT2D eigenvalue weighted by Crippen LogP contribution is 2.34. The molecule has 6 nitrogen and oxygen atoms in total. The summed E-state index contributed by atoms with van der Waals surface area (Å²) < 4.78 is 18.6. The highest BCUT2D eigenvalue weighted by atomic mass is 19.1. The first-order valence-electron chi connectivity index (χ1n) is 6.93. The van der Waals surface area contributed by atoms with E-state index in [1.165, 1.54) is 29.2 Å². The number of hydrogen-bond acceptors (Lipinski definition) is 4. The Morgan fingerprint density at radius 3 is 2.57 bits per heavy atom. The van der Waals surface area contributed by atoms with Gasteiger partial charge >= 0.3 is 0 Å². The molecule has 1 aliphatic heterocycles. The summed E-state index contributed by atoms with van der Waals surface area (Å²) in [5.74, 6) is 4.24. The van der Waals surface area contributed by atoms with Crippen molar-refractivity contribution < 1.29 is 18.7 Å². The molecular formula is C16H14FN3O3. The smallest absolute Gasteiger partial charge is 0.276 e. The van der Waals surface area contributed by atoms with E-state index in [1.54, 1.807) is 24.3 Å². The van der Waals surface area contributed by atoms with E-state index in [2.05, 4.69) is 0 Å². The molecule has 1 aliphatic rings. The number of hydrogen-bond donors (Lipinski definition) is 2. The van der Waals surface area contributed by atoms with Gasteiger partial charge in [0.05, 0.1) is 12.2 Å². The van der Waals surface area contributed by atoms with Crippen LogP contribution in [0.5, 0.6) is 5.75 Å². The van der Waals surface area contributed by atoms with Crippen molar-refractivity contribution in [3.63, 3.8) is 0 Å². The number of nitrogens with one attached hydrogen (secondary N) is 1. The van der Waals surface area contributed by atoms with Gasteiger partial charge in [-0.3, -0.25) is 15.0 Å². The lowest BCUT2D eigenvalue weighted by atomic mass is 10.1. The summed E-state index contributed by atoms with van der Waals surface area (Å²) in [4.78, 5) is 25.9. The van der Waals surface area contributed by atoms with Gasteiger partial charge in [-0.1, -0.05) is 12.1 Å². The number of nitrogens with two attached hydrogens (primary N) is 1. The van der Waals surface area contributed by atoms with Gasteiger partial charge in [0, 0.05) is 5.56 Å². The number of ether oxygens (including phenoxy) is 1. The van der Waals surface area contributed by atoms with Gasteiger partial charge in [-0.05, 0) is 36.4 Å². The van der Waals surface area contributed by atoms with Crippen LogP contribution in [0.4, 0.5) is 10.1 Å². The average Bonchev–Trinajstić information content (AvgIpc) is 2.60. The minimum atomic E-state index is -0.917. The number of halogens is 1. The molecule has 2 aromatic carbocycles. The maximum atomic E-state index is 13.0. The lowest BCUT2D eigenvalue weighted by molar-refractivity contribution is -0.127. The second-order valence-electron chi connectivity index (χ2n) is 5.01. The molecule has 3 rings (SSSR count). The molecule has 2 aromatic rings. The van der Waals surface area contributed by atoms with Crippen molar-refractivity contribution in [1.82, 2.24) is 5.43 Å². The molecule has 7 heteroatoms. The van der Waals surface area contributed by atoms with E-state index in [-0.39, 0.29) is 12.5 Å². The Bertz CT molecular complexity index is 748. The zero-order valence-electron chi connectivity index (χ0n) is 12.0. The number of carbonyl (C=O) groups excluding carboxylic acids is 2. The maximum Gasteiger partial charge on any atom is 0.276 e. The molecule has 118 valence electrons. The van der Waals surface area contributed by atoms with Gasteiger partial charge in [0.1, 0.15) is 11.6 Å². The maximum absolute atomic E-state index is 13.0. The molecule has 2 amide bonds. The standard InChI is InChI=1S/C16H14FN3O3/c17-11-7-5-10(6-8-11)16(22)20-9-14(15(21)19-18)23-13-4-2-1-3-12(13)20/h1-8,14H,9,18H2,(H,19,21)/t14-/m0/s1. The van der Waals surface area contributed by atoms with Gasteiger partial charge in [0.15, 0.2) is 6.10 Å². The van der Waals surface area contributed by atoms with E-state index in [9.17, 15) is 14.0 Å². The Balaban J connectivity index is 1.97. The van der Waals surface area contributed by atoms with Crippen LogP contribution in [0, 0.1) is 5.82 Å². The summed E-state index contributed by atoms with van der Waals surface area (Å²) in [5.41, 5.74) is 2.88. The van der Waals surface area contributed by atoms with Crippen LogP contribution in [0.15, 0.2) is 48.5 Å². The van der Waals surface area contributed by atoms with Crippen LogP contribution in [0.25, 0.3) is 0 Å². The highest BCUT2D eigenvalue weighted by Gasteiger charge is 2.33. The van der Waals surface area contributed by atoms with Crippen LogP contribution < -0.4 is 20.9 Å². The Morgan fingerprint density at radius 1 is 1.17 bits per heavy atom. The zero-order valence-corrected chi connectivity index (χ0v) is 12.0. The average molecular weight is 315 g/mol. The summed E-state index contributed by atoms with van der Waals surface area (Å²) in [6.45, 7) is 0.0102. The lowest BCUT2D eigenvalue weighted by Gasteiger charge is -2.33. The quantitative estimate of drug-likeness (QED) is 0.496. The summed E-state index contributed by atoms with van der Waals surface area (Å²) in [5, 5.41) is 0. The van der Waals surface area contributed by atoms with E-state index in [0.29, 0.717) is 17.0 Å². The molecule has 0 unspecified atom stereocenters. The summed E-state index contributed by atoms with van der Waals surface area (Å²) in [6.07, 6.45) is -0.917. The largest absolute Gasteiger partial charge is 0.476 e. The first-order chi connectivity index (χ1) is 11.1. The highest BCUT2D eigenvalue weighted by molar-refractivity contribution is 6.07. The van der Waals surface area contributed by atoms with Crippen molar-refractivity contribution in [3.05, 3.63) is 59.9 Å². The van der Waals surface area contributed by atoms with Crippen molar-refractivity contribution in [2.75, 3.05) is 11.4 Å². The molecule has 0 saturated carbocycles. The minimum absolute atomic E-state index is 0.0102. The number of amides is 2. The minimum Gasteiger partial charge on any atom is -0.476 e. The summed E-state index contributed by atoms with van der Waals surface area (Å²) in [7, 11) is 0. The predicted octanol–water partition coefficient (Wildman–Crippen LogP) is 1.22. The molecule has 3 N–H and O–H groups in total. The van der Waals surface area contributed by atoms with Crippen LogP contribution in [0.2, 0.25) is 0 Å². The third-order valence-electron chi connectivity index (χ3n) is 3.54. The van der Waals surface area contributed by atoms with E-state index < -0.39 is 17.8 Å². The van der Waals surface area contributed by atoms with E-state index in [4.69, 9.17) is 10.6 Å². The zero-order chi connectivity index (χ0) is 16.4. The second-order valence-corrected chi connectivity index (χ2v) is 5.01. The van der Waals surface area contributed by atoms with Gasteiger partial charge < -0.3 is 9.64 Å². The molecule has 0 bridgehead atoms. The fourth-order valence-corrected chi connectivity index (χ4v) is 2.40. The van der Waals surface area contributed by atoms with E-state index in [1.807, 2.05) is 5.43 Å². The summed E-state index contributed by atoms with van der Waals surface area (Å²) >= 11 is 0. The van der Waals surface area contributed by atoms with Crippen LogP contribution in [-0.2, 0) is 4.79 Å². The number of nitrogens with zero attached hydrogens (tertiary/aromatic N) is 1. The molecular weight excluding hydrogens is 301 g/mol. The van der Waals surface area contributed by atoms with E-state index in [0.717, 1.165) is 0 Å². The number of para-hydroxylation sites is 2. The SMILES string of the molecule is NNC(=O)[C@@H]1CN(C(=O)c2ccc(F)cc2)c2ccccc2O1. The van der Waals surface area contributed by atoms with Crippen LogP contribution in [-0.4, -0.2) is 24.5 Å². The normalized spacial score (nSPS) is 16.3. The first-order valence-corrected chi connectivity index (χ1v) is 6.93. The number of hydrazine groups is 1. The molecule has 0 fully saturated rings. The van der Waals surface area contributed by atoms with Gasteiger partial charge in [-0.15, -0.1) is 0 Å². The third kappa shape index (κ3) is 2.86. The Morgan fingerprint density at radius 2 is 1.87 bits per heavy atom. The van der Waals surface area contributed by atoms with Gasteiger partial charge in [0.25, 0.3) is 11.8 Å². The first kappa shape index (κ1) is 15.0. The van der Waals surface area contributed by atoms with Crippen molar-refractivity contribution in [1.29, 1.82) is 0 Å².